The van der Waals surface area contributed by atoms with Gasteiger partial charge in [-0.1, -0.05) is 23.7 Å². The third kappa shape index (κ3) is 6.22. The van der Waals surface area contributed by atoms with Gasteiger partial charge in [0, 0.05) is 20.3 Å². The number of amides is 2. The molecule has 0 aliphatic rings. The van der Waals surface area contributed by atoms with E-state index >= 15 is 0 Å². The quantitative estimate of drug-likeness (QED) is 0.593. The van der Waals surface area contributed by atoms with Crippen LogP contribution in [-0.2, 0) is 14.3 Å². The molecule has 1 rings (SSSR count). The average Bonchev–Trinajstić information content (AvgIpc) is 2.37. The van der Waals surface area contributed by atoms with Gasteiger partial charge in [-0.3, -0.25) is 9.59 Å². The van der Waals surface area contributed by atoms with Crippen molar-refractivity contribution in [2.75, 3.05) is 25.6 Å². The standard InChI is InChI=1S/C13H17ClN2O3/c1-19-8-4-7-15-12(17)9-13(18)16-11-6-3-2-5-10(11)14/h2-3,5-6H,4,7-9H2,1H3,(H,15,17)(H,16,18). The summed E-state index contributed by atoms with van der Waals surface area (Å²) in [4.78, 5) is 23.1. The minimum atomic E-state index is -0.391. The predicted molar refractivity (Wildman–Crippen MR) is 74.2 cm³/mol. The summed E-state index contributed by atoms with van der Waals surface area (Å²) in [6.45, 7) is 1.07. The van der Waals surface area contributed by atoms with Crippen molar-refractivity contribution < 1.29 is 14.3 Å². The second-order valence-electron chi connectivity index (χ2n) is 3.90. The van der Waals surface area contributed by atoms with Crippen molar-refractivity contribution in [3.05, 3.63) is 29.3 Å². The first-order valence-corrected chi connectivity index (χ1v) is 6.31. The number of carbonyl (C=O) groups excluding carboxylic acids is 2. The van der Waals surface area contributed by atoms with Gasteiger partial charge in [0.05, 0.1) is 10.7 Å². The van der Waals surface area contributed by atoms with Crippen LogP contribution in [0.1, 0.15) is 12.8 Å². The summed E-state index contributed by atoms with van der Waals surface area (Å²) in [6, 6.07) is 6.87. The lowest BCUT2D eigenvalue weighted by Gasteiger charge is -2.07. The van der Waals surface area contributed by atoms with E-state index in [-0.39, 0.29) is 12.3 Å². The fourth-order valence-electron chi connectivity index (χ4n) is 1.41. The van der Waals surface area contributed by atoms with Gasteiger partial charge >= 0.3 is 0 Å². The highest BCUT2D eigenvalue weighted by Gasteiger charge is 2.10. The average molecular weight is 285 g/mol. The molecular weight excluding hydrogens is 268 g/mol. The van der Waals surface area contributed by atoms with Crippen molar-refractivity contribution >= 4 is 29.1 Å². The number of hydrogen-bond donors (Lipinski definition) is 2. The molecule has 1 aromatic carbocycles. The number of para-hydroxylation sites is 1. The van der Waals surface area contributed by atoms with Gasteiger partial charge in [0.2, 0.25) is 11.8 Å². The zero-order valence-electron chi connectivity index (χ0n) is 10.7. The molecule has 0 saturated carbocycles. The largest absolute Gasteiger partial charge is 0.385 e. The molecule has 0 radical (unpaired) electrons. The highest BCUT2D eigenvalue weighted by molar-refractivity contribution is 6.33. The molecule has 0 aliphatic carbocycles. The first-order chi connectivity index (χ1) is 9.13. The highest BCUT2D eigenvalue weighted by atomic mass is 35.5. The zero-order chi connectivity index (χ0) is 14.1. The number of anilines is 1. The summed E-state index contributed by atoms with van der Waals surface area (Å²) in [6.07, 6.45) is 0.493. The van der Waals surface area contributed by atoms with E-state index in [0.29, 0.717) is 30.3 Å². The molecule has 5 nitrogen and oxygen atoms in total. The summed E-state index contributed by atoms with van der Waals surface area (Å²) < 4.78 is 4.85. The number of halogens is 1. The van der Waals surface area contributed by atoms with Gasteiger partial charge in [-0.05, 0) is 18.6 Å². The van der Waals surface area contributed by atoms with Crippen molar-refractivity contribution in [2.24, 2.45) is 0 Å². The van der Waals surface area contributed by atoms with Gasteiger partial charge in [0.25, 0.3) is 0 Å². The van der Waals surface area contributed by atoms with Crippen LogP contribution in [-0.4, -0.2) is 32.1 Å². The van der Waals surface area contributed by atoms with E-state index in [4.69, 9.17) is 16.3 Å². The Kier molecular flexibility index (Phi) is 6.92. The van der Waals surface area contributed by atoms with Crippen LogP contribution >= 0.6 is 11.6 Å². The number of benzene rings is 1. The number of carbonyl (C=O) groups is 2. The molecule has 0 aromatic heterocycles. The summed E-state index contributed by atoms with van der Waals surface area (Å²) in [7, 11) is 1.60. The maximum absolute atomic E-state index is 11.6. The van der Waals surface area contributed by atoms with Gasteiger partial charge in [-0.25, -0.2) is 0 Å². The van der Waals surface area contributed by atoms with Gasteiger partial charge in [0.1, 0.15) is 6.42 Å². The van der Waals surface area contributed by atoms with E-state index in [2.05, 4.69) is 10.6 Å². The Balaban J connectivity index is 2.31. The number of hydrogen-bond acceptors (Lipinski definition) is 3. The smallest absolute Gasteiger partial charge is 0.233 e. The fraction of sp³-hybridized carbons (Fsp3) is 0.385. The minimum absolute atomic E-state index is 0.224. The molecule has 6 heteroatoms. The molecule has 0 heterocycles. The lowest BCUT2D eigenvalue weighted by Crippen LogP contribution is -2.29. The molecule has 0 fully saturated rings. The molecule has 0 saturated heterocycles. The lowest BCUT2D eigenvalue weighted by molar-refractivity contribution is -0.126. The molecule has 2 amide bonds. The van der Waals surface area contributed by atoms with Crippen molar-refractivity contribution in [1.82, 2.24) is 5.32 Å². The molecule has 0 unspecified atom stereocenters. The molecule has 19 heavy (non-hydrogen) atoms. The van der Waals surface area contributed by atoms with Gasteiger partial charge in [-0.15, -0.1) is 0 Å². The van der Waals surface area contributed by atoms with Crippen LogP contribution in [0.3, 0.4) is 0 Å². The van der Waals surface area contributed by atoms with Crippen LogP contribution in [0.4, 0.5) is 5.69 Å². The Morgan fingerprint density at radius 2 is 2.00 bits per heavy atom. The summed E-state index contributed by atoms with van der Waals surface area (Å²) in [5.74, 6) is -0.710. The van der Waals surface area contributed by atoms with Crippen molar-refractivity contribution in [3.63, 3.8) is 0 Å². The molecule has 1 aromatic rings. The second kappa shape index (κ2) is 8.50. The van der Waals surface area contributed by atoms with Crippen LogP contribution < -0.4 is 10.6 Å². The monoisotopic (exact) mass is 284 g/mol. The first-order valence-electron chi connectivity index (χ1n) is 5.93. The fourth-order valence-corrected chi connectivity index (χ4v) is 1.59. The summed E-state index contributed by atoms with van der Waals surface area (Å²) in [5, 5.41) is 5.66. The Hall–Kier alpha value is -1.59. The lowest BCUT2D eigenvalue weighted by atomic mass is 10.3. The van der Waals surface area contributed by atoms with Crippen LogP contribution in [0.15, 0.2) is 24.3 Å². The summed E-state index contributed by atoms with van der Waals surface area (Å²) in [5.41, 5.74) is 0.501. The molecule has 0 aliphatic heterocycles. The Morgan fingerprint density at radius 1 is 1.26 bits per heavy atom. The molecule has 0 bridgehead atoms. The van der Waals surface area contributed by atoms with Crippen molar-refractivity contribution in [2.45, 2.75) is 12.8 Å². The van der Waals surface area contributed by atoms with E-state index in [1.807, 2.05) is 0 Å². The van der Waals surface area contributed by atoms with Gasteiger partial charge in [0.15, 0.2) is 0 Å². The molecule has 0 atom stereocenters. The number of methoxy groups -OCH3 is 1. The van der Waals surface area contributed by atoms with E-state index in [1.54, 1.807) is 31.4 Å². The van der Waals surface area contributed by atoms with Crippen LogP contribution in [0.5, 0.6) is 0 Å². The normalized spacial score (nSPS) is 10.0. The third-order valence-corrected chi connectivity index (χ3v) is 2.65. The van der Waals surface area contributed by atoms with E-state index in [9.17, 15) is 9.59 Å². The molecule has 2 N–H and O–H groups in total. The van der Waals surface area contributed by atoms with E-state index in [1.165, 1.54) is 0 Å². The van der Waals surface area contributed by atoms with Gasteiger partial charge < -0.3 is 15.4 Å². The van der Waals surface area contributed by atoms with Crippen LogP contribution in [0, 0.1) is 0 Å². The maximum atomic E-state index is 11.6. The SMILES string of the molecule is COCCCNC(=O)CC(=O)Nc1ccccc1Cl. The van der Waals surface area contributed by atoms with E-state index in [0.717, 1.165) is 0 Å². The maximum Gasteiger partial charge on any atom is 0.233 e. The predicted octanol–water partition coefficient (Wildman–Crippen LogP) is 1.82. The van der Waals surface area contributed by atoms with Crippen LogP contribution in [0.25, 0.3) is 0 Å². The third-order valence-electron chi connectivity index (χ3n) is 2.32. The van der Waals surface area contributed by atoms with Crippen LogP contribution in [0.2, 0.25) is 5.02 Å². The topological polar surface area (TPSA) is 67.4 Å². The molecular formula is C13H17ClN2O3. The van der Waals surface area contributed by atoms with E-state index < -0.39 is 5.91 Å². The van der Waals surface area contributed by atoms with Gasteiger partial charge in [-0.2, -0.15) is 0 Å². The van der Waals surface area contributed by atoms with Crippen molar-refractivity contribution in [1.29, 1.82) is 0 Å². The number of rotatable bonds is 7. The second-order valence-corrected chi connectivity index (χ2v) is 4.31. The minimum Gasteiger partial charge on any atom is -0.385 e. The molecule has 104 valence electrons. The Bertz CT molecular complexity index is 438. The van der Waals surface area contributed by atoms with Crippen molar-refractivity contribution in [3.8, 4) is 0 Å². The number of ether oxygens (including phenoxy) is 1. The number of nitrogens with one attached hydrogen (secondary N) is 2. The first kappa shape index (κ1) is 15.5. The molecule has 0 spiro atoms. The highest BCUT2D eigenvalue weighted by Crippen LogP contribution is 2.20. The summed E-state index contributed by atoms with van der Waals surface area (Å²) >= 11 is 5.89. The Labute approximate surface area is 117 Å². The zero-order valence-corrected chi connectivity index (χ0v) is 11.5. The Morgan fingerprint density at radius 3 is 2.68 bits per heavy atom.